The number of piperidine rings is 1. The molecular formula is C17H20N4O3. The van der Waals surface area contributed by atoms with Crippen molar-refractivity contribution in [3.8, 4) is 11.4 Å². The van der Waals surface area contributed by atoms with Gasteiger partial charge in [-0.25, -0.2) is 0 Å². The van der Waals surface area contributed by atoms with Crippen LogP contribution in [0.5, 0.6) is 0 Å². The molecule has 24 heavy (non-hydrogen) atoms. The maximum Gasteiger partial charge on any atom is 0.228 e. The van der Waals surface area contributed by atoms with E-state index in [1.54, 1.807) is 12.4 Å². The summed E-state index contributed by atoms with van der Waals surface area (Å²) < 4.78 is 10.9. The Hall–Kier alpha value is -2.28. The Kier molecular flexibility index (Phi) is 4.02. The fourth-order valence-electron chi connectivity index (χ4n) is 3.48. The molecule has 1 atom stereocenters. The molecule has 4 rings (SSSR count). The van der Waals surface area contributed by atoms with Crippen molar-refractivity contribution < 1.29 is 14.1 Å². The van der Waals surface area contributed by atoms with Crippen molar-refractivity contribution in [3.05, 3.63) is 30.4 Å². The highest BCUT2D eigenvalue weighted by Crippen LogP contribution is 2.38. The van der Waals surface area contributed by atoms with E-state index < -0.39 is 0 Å². The van der Waals surface area contributed by atoms with Crippen LogP contribution in [0.15, 0.2) is 29.0 Å². The van der Waals surface area contributed by atoms with Gasteiger partial charge in [0.15, 0.2) is 0 Å². The molecule has 126 valence electrons. The Bertz CT molecular complexity index is 710. The highest BCUT2D eigenvalue weighted by Gasteiger charge is 2.41. The average Bonchev–Trinajstić information content (AvgIpc) is 3.27. The first-order valence-electron chi connectivity index (χ1n) is 8.33. The summed E-state index contributed by atoms with van der Waals surface area (Å²) in [5.41, 5.74) is 0.979. The summed E-state index contributed by atoms with van der Waals surface area (Å²) in [6.45, 7) is 2.95. The highest BCUT2D eigenvalue weighted by molar-refractivity contribution is 5.77. The summed E-state index contributed by atoms with van der Waals surface area (Å²) in [4.78, 5) is 22.6. The number of nitrogens with zero attached hydrogens (tertiary/aromatic N) is 4. The molecule has 2 fully saturated rings. The third-order valence-electron chi connectivity index (χ3n) is 4.92. The van der Waals surface area contributed by atoms with Crippen molar-refractivity contribution >= 4 is 5.91 Å². The molecule has 1 spiro atoms. The van der Waals surface area contributed by atoms with Gasteiger partial charge in [-0.2, -0.15) is 4.98 Å². The number of amides is 1. The zero-order chi connectivity index (χ0) is 16.4. The molecule has 4 heterocycles. The summed E-state index contributed by atoms with van der Waals surface area (Å²) in [5.74, 6) is 1.28. The lowest BCUT2D eigenvalue weighted by molar-refractivity contribution is -0.137. The Morgan fingerprint density at radius 3 is 3.08 bits per heavy atom. The van der Waals surface area contributed by atoms with Crippen molar-refractivity contribution in [2.45, 2.75) is 25.7 Å². The molecule has 0 N–H and O–H groups in total. The number of carbonyl (C=O) groups excluding carboxylic acids is 1. The number of carbonyl (C=O) groups is 1. The van der Waals surface area contributed by atoms with Crippen LogP contribution in [0.4, 0.5) is 0 Å². The van der Waals surface area contributed by atoms with Gasteiger partial charge in [-0.05, 0) is 25.0 Å². The van der Waals surface area contributed by atoms with Crippen molar-refractivity contribution in [1.82, 2.24) is 20.0 Å². The quantitative estimate of drug-likeness (QED) is 0.850. The van der Waals surface area contributed by atoms with E-state index in [1.165, 1.54) is 0 Å². The van der Waals surface area contributed by atoms with Crippen molar-refractivity contribution in [3.63, 3.8) is 0 Å². The van der Waals surface area contributed by atoms with Crippen LogP contribution in [0.2, 0.25) is 0 Å². The van der Waals surface area contributed by atoms with Crippen molar-refractivity contribution in [1.29, 1.82) is 0 Å². The minimum Gasteiger partial charge on any atom is -0.381 e. The van der Waals surface area contributed by atoms with Gasteiger partial charge in [0.05, 0.1) is 6.61 Å². The molecule has 0 unspecified atom stereocenters. The fraction of sp³-hybridized carbons (Fsp3) is 0.529. The zero-order valence-corrected chi connectivity index (χ0v) is 13.5. The normalized spacial score (nSPS) is 24.0. The van der Waals surface area contributed by atoms with Crippen LogP contribution in [0.25, 0.3) is 11.4 Å². The van der Waals surface area contributed by atoms with Gasteiger partial charge in [0.2, 0.25) is 17.6 Å². The number of aromatic nitrogens is 3. The number of ether oxygens (including phenoxy) is 1. The molecule has 2 aliphatic rings. The topological polar surface area (TPSA) is 81.4 Å². The molecule has 0 radical (unpaired) electrons. The minimum atomic E-state index is 0.156. The Morgan fingerprint density at radius 1 is 1.33 bits per heavy atom. The molecule has 0 aliphatic carbocycles. The van der Waals surface area contributed by atoms with Gasteiger partial charge >= 0.3 is 0 Å². The van der Waals surface area contributed by atoms with Crippen molar-refractivity contribution in [2.24, 2.45) is 5.41 Å². The van der Waals surface area contributed by atoms with E-state index in [4.69, 9.17) is 9.26 Å². The Labute approximate surface area is 140 Å². The van der Waals surface area contributed by atoms with E-state index in [0.29, 0.717) is 31.1 Å². The van der Waals surface area contributed by atoms with Crippen LogP contribution in [-0.4, -0.2) is 52.2 Å². The molecule has 7 heteroatoms. The van der Waals surface area contributed by atoms with Gasteiger partial charge in [0.1, 0.15) is 0 Å². The first kappa shape index (κ1) is 15.3. The molecule has 0 saturated carbocycles. The first-order valence-corrected chi connectivity index (χ1v) is 8.33. The van der Waals surface area contributed by atoms with Gasteiger partial charge in [-0.3, -0.25) is 9.78 Å². The maximum absolute atomic E-state index is 12.2. The third kappa shape index (κ3) is 3.03. The second-order valence-corrected chi connectivity index (χ2v) is 6.62. The lowest BCUT2D eigenvalue weighted by Gasteiger charge is -2.39. The lowest BCUT2D eigenvalue weighted by Crippen LogP contribution is -2.47. The highest BCUT2D eigenvalue weighted by atomic mass is 16.5. The predicted octanol–water partition coefficient (Wildman–Crippen LogP) is 1.70. The summed E-state index contributed by atoms with van der Waals surface area (Å²) in [6.07, 6.45) is 6.56. The molecule has 7 nitrogen and oxygen atoms in total. The molecule has 2 aromatic rings. The second kappa shape index (κ2) is 6.32. The fourth-order valence-corrected chi connectivity index (χ4v) is 3.48. The zero-order valence-electron chi connectivity index (χ0n) is 13.5. The van der Waals surface area contributed by atoms with Gasteiger partial charge in [0.25, 0.3) is 0 Å². The third-order valence-corrected chi connectivity index (χ3v) is 4.92. The van der Waals surface area contributed by atoms with Crippen molar-refractivity contribution in [2.75, 3.05) is 26.3 Å². The van der Waals surface area contributed by atoms with Gasteiger partial charge in [-0.1, -0.05) is 5.16 Å². The van der Waals surface area contributed by atoms with E-state index in [1.807, 2.05) is 17.0 Å². The molecule has 0 aromatic carbocycles. The SMILES string of the molecule is O=C1CC[C@]2(CCOC2)CN1CCc1nc(-c2cccnc2)no1. The molecular weight excluding hydrogens is 308 g/mol. The largest absolute Gasteiger partial charge is 0.381 e. The van der Waals surface area contributed by atoms with Crippen LogP contribution >= 0.6 is 0 Å². The molecule has 0 bridgehead atoms. The summed E-state index contributed by atoms with van der Waals surface area (Å²) in [6, 6.07) is 3.72. The maximum atomic E-state index is 12.2. The van der Waals surface area contributed by atoms with Crippen LogP contribution in [-0.2, 0) is 16.0 Å². The van der Waals surface area contributed by atoms with Gasteiger partial charge in [-0.15, -0.1) is 0 Å². The lowest BCUT2D eigenvalue weighted by atomic mass is 9.79. The number of rotatable bonds is 4. The number of hydrogen-bond donors (Lipinski definition) is 0. The van der Waals surface area contributed by atoms with E-state index in [0.717, 1.165) is 38.2 Å². The monoisotopic (exact) mass is 328 g/mol. The van der Waals surface area contributed by atoms with E-state index >= 15 is 0 Å². The minimum absolute atomic E-state index is 0.156. The number of likely N-dealkylation sites (tertiary alicyclic amines) is 1. The smallest absolute Gasteiger partial charge is 0.228 e. The van der Waals surface area contributed by atoms with E-state index in [-0.39, 0.29) is 11.3 Å². The van der Waals surface area contributed by atoms with E-state index in [9.17, 15) is 4.79 Å². The van der Waals surface area contributed by atoms with Gasteiger partial charge < -0.3 is 14.2 Å². The summed E-state index contributed by atoms with van der Waals surface area (Å²) in [7, 11) is 0. The van der Waals surface area contributed by atoms with Crippen LogP contribution in [0, 0.1) is 5.41 Å². The molecule has 2 aliphatic heterocycles. The van der Waals surface area contributed by atoms with Crippen LogP contribution in [0.1, 0.15) is 25.2 Å². The molecule has 2 aromatic heterocycles. The van der Waals surface area contributed by atoms with Crippen LogP contribution < -0.4 is 0 Å². The molecule has 1 amide bonds. The summed E-state index contributed by atoms with van der Waals surface area (Å²) >= 11 is 0. The Balaban J connectivity index is 1.39. The number of hydrogen-bond acceptors (Lipinski definition) is 6. The standard InChI is InChI=1S/C17H20N4O3/c22-15-3-5-17(6-9-23-12-17)11-21(15)8-4-14-19-16(20-24-14)13-2-1-7-18-10-13/h1-2,7,10H,3-6,8-9,11-12H2/t17-/m0/s1. The van der Waals surface area contributed by atoms with E-state index in [2.05, 4.69) is 15.1 Å². The number of pyridine rings is 1. The average molecular weight is 328 g/mol. The van der Waals surface area contributed by atoms with Gasteiger partial charge in [0, 0.05) is 55.9 Å². The second-order valence-electron chi connectivity index (χ2n) is 6.62. The summed E-state index contributed by atoms with van der Waals surface area (Å²) in [5, 5.41) is 3.99. The predicted molar refractivity (Wildman–Crippen MR) is 84.9 cm³/mol. The first-order chi connectivity index (χ1) is 11.7. The van der Waals surface area contributed by atoms with Crippen LogP contribution in [0.3, 0.4) is 0 Å². The Morgan fingerprint density at radius 2 is 2.29 bits per heavy atom. The molecule has 2 saturated heterocycles.